The van der Waals surface area contributed by atoms with Gasteiger partial charge in [0, 0.05) is 24.1 Å². The van der Waals surface area contributed by atoms with Gasteiger partial charge in [0.2, 0.25) is 0 Å². The number of nitrogens with zero attached hydrogens (tertiary/aromatic N) is 1. The van der Waals surface area contributed by atoms with Gasteiger partial charge in [-0.3, -0.25) is 4.79 Å². The first-order chi connectivity index (χ1) is 7.70. The van der Waals surface area contributed by atoms with Gasteiger partial charge in [0.25, 0.3) is 5.91 Å². The van der Waals surface area contributed by atoms with E-state index in [1.807, 2.05) is 16.7 Å². The number of amides is 1. The Balaban J connectivity index is 2.04. The first-order valence-electron chi connectivity index (χ1n) is 5.37. The number of carbonyl (C=O) groups excluding carboxylic acids is 1. The first-order valence-corrected chi connectivity index (χ1v) is 6.79. The van der Waals surface area contributed by atoms with Crippen molar-refractivity contribution in [2.75, 3.05) is 18.8 Å². The molecule has 1 unspecified atom stereocenters. The van der Waals surface area contributed by atoms with Gasteiger partial charge in [-0.1, -0.05) is 6.92 Å². The second-order valence-electron chi connectivity index (χ2n) is 3.76. The van der Waals surface area contributed by atoms with E-state index in [4.69, 9.17) is 16.0 Å². The summed E-state index contributed by atoms with van der Waals surface area (Å²) in [5.74, 6) is 1.29. The topological polar surface area (TPSA) is 33.5 Å². The largest absolute Gasteiger partial charge is 0.440 e. The first kappa shape index (κ1) is 11.9. The van der Waals surface area contributed by atoms with Gasteiger partial charge in [-0.25, -0.2) is 0 Å². The second-order valence-corrected chi connectivity index (χ2v) is 5.54. The molecule has 0 spiro atoms. The highest BCUT2D eigenvalue weighted by Gasteiger charge is 2.25. The summed E-state index contributed by atoms with van der Waals surface area (Å²) < 4.78 is 5.13. The van der Waals surface area contributed by atoms with Crippen LogP contribution in [0.25, 0.3) is 0 Å². The fourth-order valence-corrected chi connectivity index (χ4v) is 3.06. The molecule has 1 aromatic rings. The van der Waals surface area contributed by atoms with E-state index in [0.717, 1.165) is 25.3 Å². The van der Waals surface area contributed by atoms with Crippen molar-refractivity contribution in [1.29, 1.82) is 0 Å². The van der Waals surface area contributed by atoms with E-state index >= 15 is 0 Å². The molecular formula is C11H14ClNO2S. The van der Waals surface area contributed by atoms with Crippen LogP contribution in [0.3, 0.4) is 0 Å². The van der Waals surface area contributed by atoms with Crippen molar-refractivity contribution in [1.82, 2.24) is 4.90 Å². The maximum Gasteiger partial charge on any atom is 0.289 e. The highest BCUT2D eigenvalue weighted by molar-refractivity contribution is 8.00. The molecule has 5 heteroatoms. The number of furan rings is 1. The number of carbonyl (C=O) groups is 1. The van der Waals surface area contributed by atoms with Gasteiger partial charge in [-0.2, -0.15) is 11.8 Å². The molecule has 2 heterocycles. The Morgan fingerprint density at radius 3 is 3.12 bits per heavy atom. The summed E-state index contributed by atoms with van der Waals surface area (Å²) in [6.45, 7) is 3.74. The Hall–Kier alpha value is -0.610. The Bertz CT molecular complexity index is 380. The SMILES string of the molecule is CCC1CN(C(=O)c2ccc(Cl)o2)CCS1. The molecule has 1 aliphatic heterocycles. The van der Waals surface area contributed by atoms with Crippen LogP contribution >= 0.6 is 23.4 Å². The van der Waals surface area contributed by atoms with Gasteiger partial charge < -0.3 is 9.32 Å². The third kappa shape index (κ3) is 2.55. The third-order valence-electron chi connectivity index (χ3n) is 2.67. The van der Waals surface area contributed by atoms with Crippen molar-refractivity contribution in [2.24, 2.45) is 0 Å². The van der Waals surface area contributed by atoms with Crippen molar-refractivity contribution in [3.63, 3.8) is 0 Å². The molecule has 2 rings (SSSR count). The fourth-order valence-electron chi connectivity index (χ4n) is 1.74. The number of rotatable bonds is 2. The average Bonchev–Trinajstić information content (AvgIpc) is 2.75. The molecular weight excluding hydrogens is 246 g/mol. The molecule has 0 radical (unpaired) electrons. The fraction of sp³-hybridized carbons (Fsp3) is 0.545. The minimum atomic E-state index is -0.0503. The maximum atomic E-state index is 12.0. The van der Waals surface area contributed by atoms with Crippen LogP contribution in [0.1, 0.15) is 23.9 Å². The van der Waals surface area contributed by atoms with Crippen molar-refractivity contribution in [2.45, 2.75) is 18.6 Å². The van der Waals surface area contributed by atoms with Gasteiger partial charge in [-0.15, -0.1) is 0 Å². The highest BCUT2D eigenvalue weighted by atomic mass is 35.5. The standard InChI is InChI=1S/C11H14ClNO2S/c1-2-8-7-13(5-6-16-8)11(14)9-3-4-10(12)15-9/h3-4,8H,2,5-7H2,1H3. The van der Waals surface area contributed by atoms with Gasteiger partial charge in [-0.05, 0) is 30.2 Å². The van der Waals surface area contributed by atoms with Crippen LogP contribution in [-0.4, -0.2) is 34.9 Å². The average molecular weight is 260 g/mol. The lowest BCUT2D eigenvalue weighted by molar-refractivity contribution is 0.0729. The summed E-state index contributed by atoms with van der Waals surface area (Å²) >= 11 is 7.59. The van der Waals surface area contributed by atoms with Crippen molar-refractivity contribution in [3.8, 4) is 0 Å². The molecule has 0 bridgehead atoms. The van der Waals surface area contributed by atoms with Crippen molar-refractivity contribution < 1.29 is 9.21 Å². The molecule has 1 fully saturated rings. The number of hydrogen-bond donors (Lipinski definition) is 0. The Morgan fingerprint density at radius 2 is 2.50 bits per heavy atom. The molecule has 0 aromatic carbocycles. The third-order valence-corrected chi connectivity index (χ3v) is 4.24. The second kappa shape index (κ2) is 5.15. The smallest absolute Gasteiger partial charge is 0.289 e. The zero-order chi connectivity index (χ0) is 11.5. The van der Waals surface area contributed by atoms with Crippen LogP contribution in [-0.2, 0) is 0 Å². The number of thioether (sulfide) groups is 1. The predicted molar refractivity (Wildman–Crippen MR) is 66.2 cm³/mol. The van der Waals surface area contributed by atoms with Crippen LogP contribution in [0, 0.1) is 0 Å². The quantitative estimate of drug-likeness (QED) is 0.819. The summed E-state index contributed by atoms with van der Waals surface area (Å²) in [6, 6.07) is 3.23. The zero-order valence-electron chi connectivity index (χ0n) is 9.11. The summed E-state index contributed by atoms with van der Waals surface area (Å²) in [6.07, 6.45) is 1.09. The summed E-state index contributed by atoms with van der Waals surface area (Å²) in [4.78, 5) is 13.9. The molecule has 0 saturated carbocycles. The molecule has 0 N–H and O–H groups in total. The lowest BCUT2D eigenvalue weighted by atomic mass is 10.2. The van der Waals surface area contributed by atoms with Crippen LogP contribution in [0.15, 0.2) is 16.5 Å². The molecule has 1 aliphatic rings. The van der Waals surface area contributed by atoms with E-state index in [2.05, 4.69) is 6.92 Å². The molecule has 16 heavy (non-hydrogen) atoms. The van der Waals surface area contributed by atoms with Gasteiger partial charge in [0.1, 0.15) is 0 Å². The molecule has 3 nitrogen and oxygen atoms in total. The van der Waals surface area contributed by atoms with Crippen molar-refractivity contribution in [3.05, 3.63) is 23.1 Å². The Morgan fingerprint density at radius 1 is 1.69 bits per heavy atom. The molecule has 1 saturated heterocycles. The van der Waals surface area contributed by atoms with Gasteiger partial charge in [0.15, 0.2) is 11.0 Å². The van der Waals surface area contributed by atoms with E-state index in [0.29, 0.717) is 11.0 Å². The van der Waals surface area contributed by atoms with Gasteiger partial charge >= 0.3 is 0 Å². The summed E-state index contributed by atoms with van der Waals surface area (Å²) in [5.41, 5.74) is 0. The molecule has 88 valence electrons. The minimum absolute atomic E-state index is 0.0503. The Labute approximate surface area is 104 Å². The Kier molecular flexibility index (Phi) is 3.82. The number of halogens is 1. The lowest BCUT2D eigenvalue weighted by Gasteiger charge is -2.31. The normalized spacial score (nSPS) is 21.1. The predicted octanol–water partition coefficient (Wildman–Crippen LogP) is 2.90. The molecule has 1 amide bonds. The van der Waals surface area contributed by atoms with E-state index in [9.17, 15) is 4.79 Å². The van der Waals surface area contributed by atoms with E-state index in [-0.39, 0.29) is 11.1 Å². The van der Waals surface area contributed by atoms with Crippen molar-refractivity contribution >= 4 is 29.3 Å². The zero-order valence-corrected chi connectivity index (χ0v) is 10.7. The van der Waals surface area contributed by atoms with Crippen LogP contribution in [0.5, 0.6) is 0 Å². The van der Waals surface area contributed by atoms with E-state index in [1.54, 1.807) is 12.1 Å². The molecule has 1 atom stereocenters. The van der Waals surface area contributed by atoms with Crippen LogP contribution < -0.4 is 0 Å². The van der Waals surface area contributed by atoms with E-state index < -0.39 is 0 Å². The lowest BCUT2D eigenvalue weighted by Crippen LogP contribution is -2.41. The maximum absolute atomic E-state index is 12.0. The minimum Gasteiger partial charge on any atom is -0.440 e. The van der Waals surface area contributed by atoms with Crippen LogP contribution in [0.4, 0.5) is 0 Å². The van der Waals surface area contributed by atoms with Crippen LogP contribution in [0.2, 0.25) is 5.22 Å². The molecule has 1 aromatic heterocycles. The summed E-state index contributed by atoms with van der Waals surface area (Å²) in [5, 5.41) is 0.810. The highest BCUT2D eigenvalue weighted by Crippen LogP contribution is 2.23. The monoisotopic (exact) mass is 259 g/mol. The number of hydrogen-bond acceptors (Lipinski definition) is 3. The van der Waals surface area contributed by atoms with Gasteiger partial charge in [0.05, 0.1) is 0 Å². The summed E-state index contributed by atoms with van der Waals surface area (Å²) in [7, 11) is 0. The molecule has 0 aliphatic carbocycles. The van der Waals surface area contributed by atoms with E-state index in [1.165, 1.54) is 0 Å².